The Kier molecular flexibility index (Phi) is 6.10. The van der Waals surface area contributed by atoms with Crippen LogP contribution in [0.25, 0.3) is 6.08 Å². The lowest BCUT2D eigenvalue weighted by atomic mass is 9.80. The van der Waals surface area contributed by atoms with Gasteiger partial charge >= 0.3 is 0 Å². The standard InChI is InChI=1S/C26H29N3O3S/c1-16-7-6-8-19(11-16)27-23(30)15-29-24(31)22(33-25(29)32)13-18-9-10-21-20(12-18)17(2)14-26(3,4)28(21)5/h6-13,17H,14-15H2,1-5H3,(H,27,30)/b22-13-/t17-/m1/s1. The van der Waals surface area contributed by atoms with Gasteiger partial charge in [-0.1, -0.05) is 25.1 Å². The fourth-order valence-corrected chi connectivity index (χ4v) is 5.38. The summed E-state index contributed by atoms with van der Waals surface area (Å²) in [6, 6.07) is 13.5. The van der Waals surface area contributed by atoms with Gasteiger partial charge in [-0.3, -0.25) is 19.3 Å². The zero-order valence-corrected chi connectivity index (χ0v) is 20.5. The molecule has 0 radical (unpaired) electrons. The highest BCUT2D eigenvalue weighted by atomic mass is 32.2. The quantitative estimate of drug-likeness (QED) is 0.616. The molecule has 2 heterocycles. The van der Waals surface area contributed by atoms with Crippen LogP contribution in [0.2, 0.25) is 0 Å². The maximum Gasteiger partial charge on any atom is 0.294 e. The molecule has 7 heteroatoms. The van der Waals surface area contributed by atoms with Crippen molar-refractivity contribution in [3.63, 3.8) is 0 Å². The van der Waals surface area contributed by atoms with E-state index in [4.69, 9.17) is 0 Å². The number of fused-ring (bicyclic) bond motifs is 1. The minimum Gasteiger partial charge on any atom is -0.369 e. The lowest BCUT2D eigenvalue weighted by Gasteiger charge is -2.45. The summed E-state index contributed by atoms with van der Waals surface area (Å²) in [6.07, 6.45) is 2.78. The Morgan fingerprint density at radius 2 is 1.97 bits per heavy atom. The molecule has 1 N–H and O–H groups in total. The Morgan fingerprint density at radius 1 is 1.21 bits per heavy atom. The predicted octanol–water partition coefficient (Wildman–Crippen LogP) is 5.39. The van der Waals surface area contributed by atoms with E-state index in [0.717, 1.165) is 34.2 Å². The van der Waals surface area contributed by atoms with E-state index in [0.29, 0.717) is 16.5 Å². The van der Waals surface area contributed by atoms with Crippen LogP contribution in [0.5, 0.6) is 0 Å². The van der Waals surface area contributed by atoms with Gasteiger partial charge in [-0.05, 0) is 91.9 Å². The molecule has 2 aromatic rings. The Bertz CT molecular complexity index is 1170. The minimum absolute atomic E-state index is 0.0790. The van der Waals surface area contributed by atoms with E-state index < -0.39 is 17.1 Å². The van der Waals surface area contributed by atoms with E-state index in [-0.39, 0.29) is 12.1 Å². The monoisotopic (exact) mass is 463 g/mol. The fraction of sp³-hybridized carbons (Fsp3) is 0.346. The number of amides is 3. The fourth-order valence-electron chi connectivity index (χ4n) is 4.54. The summed E-state index contributed by atoms with van der Waals surface area (Å²) in [5, 5.41) is 2.31. The molecule has 1 saturated heterocycles. The minimum atomic E-state index is -0.437. The van der Waals surface area contributed by atoms with Gasteiger partial charge in [0.2, 0.25) is 5.91 Å². The summed E-state index contributed by atoms with van der Waals surface area (Å²) in [5.41, 5.74) is 5.03. The van der Waals surface area contributed by atoms with Gasteiger partial charge in [-0.15, -0.1) is 0 Å². The highest BCUT2D eigenvalue weighted by Crippen LogP contribution is 2.43. The van der Waals surface area contributed by atoms with E-state index in [1.165, 1.54) is 11.3 Å². The number of benzene rings is 2. The van der Waals surface area contributed by atoms with Gasteiger partial charge in [-0.25, -0.2) is 0 Å². The first kappa shape index (κ1) is 23.1. The molecule has 2 aromatic carbocycles. The normalized spacial score (nSPS) is 20.9. The summed E-state index contributed by atoms with van der Waals surface area (Å²) >= 11 is 0.874. The third-order valence-corrected chi connectivity index (χ3v) is 7.34. The van der Waals surface area contributed by atoms with Gasteiger partial charge in [0, 0.05) is 24.0 Å². The molecule has 0 saturated carbocycles. The van der Waals surface area contributed by atoms with Gasteiger partial charge in [0.1, 0.15) is 6.54 Å². The number of carbonyl (C=O) groups excluding carboxylic acids is 3. The highest BCUT2D eigenvalue weighted by molar-refractivity contribution is 8.18. The summed E-state index contributed by atoms with van der Waals surface area (Å²) in [7, 11) is 2.11. The third kappa shape index (κ3) is 4.69. The zero-order chi connectivity index (χ0) is 23.9. The molecular formula is C26H29N3O3S. The number of hydrogen-bond donors (Lipinski definition) is 1. The Balaban J connectivity index is 1.50. The van der Waals surface area contributed by atoms with Gasteiger partial charge in [0.15, 0.2) is 0 Å². The molecule has 6 nitrogen and oxygen atoms in total. The van der Waals surface area contributed by atoms with Crippen LogP contribution in [-0.4, -0.2) is 41.1 Å². The molecule has 33 heavy (non-hydrogen) atoms. The second kappa shape index (κ2) is 8.71. The first-order valence-corrected chi connectivity index (χ1v) is 11.9. The predicted molar refractivity (Wildman–Crippen MR) is 134 cm³/mol. The van der Waals surface area contributed by atoms with Crippen molar-refractivity contribution in [2.75, 3.05) is 23.8 Å². The van der Waals surface area contributed by atoms with Gasteiger partial charge in [0.25, 0.3) is 11.1 Å². The van der Waals surface area contributed by atoms with Crippen molar-refractivity contribution in [1.29, 1.82) is 0 Å². The van der Waals surface area contributed by atoms with Crippen molar-refractivity contribution in [2.45, 2.75) is 45.6 Å². The Labute approximate surface area is 199 Å². The number of nitrogens with zero attached hydrogens (tertiary/aromatic N) is 2. The molecule has 0 aliphatic carbocycles. The van der Waals surface area contributed by atoms with Crippen molar-refractivity contribution in [1.82, 2.24) is 4.90 Å². The van der Waals surface area contributed by atoms with E-state index in [1.54, 1.807) is 12.1 Å². The molecule has 0 unspecified atom stereocenters. The van der Waals surface area contributed by atoms with Crippen LogP contribution in [0.15, 0.2) is 47.4 Å². The number of imide groups is 1. The number of rotatable bonds is 4. The smallest absolute Gasteiger partial charge is 0.294 e. The maximum atomic E-state index is 12.9. The van der Waals surface area contributed by atoms with Gasteiger partial charge in [-0.2, -0.15) is 0 Å². The molecule has 1 atom stereocenters. The molecule has 1 fully saturated rings. The average molecular weight is 464 g/mol. The van der Waals surface area contributed by atoms with Crippen LogP contribution >= 0.6 is 11.8 Å². The number of anilines is 2. The largest absolute Gasteiger partial charge is 0.369 e. The lowest BCUT2D eigenvalue weighted by Crippen LogP contribution is -2.45. The lowest BCUT2D eigenvalue weighted by molar-refractivity contribution is -0.127. The van der Waals surface area contributed by atoms with Crippen molar-refractivity contribution < 1.29 is 14.4 Å². The van der Waals surface area contributed by atoms with Crippen molar-refractivity contribution in [3.8, 4) is 0 Å². The topological polar surface area (TPSA) is 69.7 Å². The second-order valence-corrected chi connectivity index (χ2v) is 10.5. The molecule has 2 aliphatic rings. The molecule has 3 amide bonds. The van der Waals surface area contributed by atoms with Crippen LogP contribution in [0.3, 0.4) is 0 Å². The van der Waals surface area contributed by atoms with Crippen LogP contribution in [-0.2, 0) is 9.59 Å². The van der Waals surface area contributed by atoms with Crippen LogP contribution < -0.4 is 10.2 Å². The second-order valence-electron chi connectivity index (χ2n) is 9.48. The first-order valence-electron chi connectivity index (χ1n) is 11.0. The molecule has 0 spiro atoms. The van der Waals surface area contributed by atoms with Gasteiger partial charge in [0.05, 0.1) is 4.91 Å². The number of aryl methyl sites for hydroxylation is 1. The average Bonchev–Trinajstić information content (AvgIpc) is 2.99. The highest BCUT2D eigenvalue weighted by Gasteiger charge is 2.37. The third-order valence-electron chi connectivity index (χ3n) is 6.43. The number of carbonyl (C=O) groups is 3. The first-order chi connectivity index (χ1) is 15.5. The SMILES string of the molecule is Cc1cccc(NC(=O)CN2C(=O)S/C(=C\c3ccc4c(c3)[C@H](C)CC(C)(C)N4C)C2=O)c1. The van der Waals surface area contributed by atoms with Crippen molar-refractivity contribution in [2.24, 2.45) is 0 Å². The number of hydrogen-bond acceptors (Lipinski definition) is 5. The van der Waals surface area contributed by atoms with E-state index >= 15 is 0 Å². The zero-order valence-electron chi connectivity index (χ0n) is 19.6. The summed E-state index contributed by atoms with van der Waals surface area (Å²) < 4.78 is 0. The van der Waals surface area contributed by atoms with E-state index in [9.17, 15) is 14.4 Å². The molecular weight excluding hydrogens is 434 g/mol. The molecule has 4 rings (SSSR count). The van der Waals surface area contributed by atoms with Gasteiger partial charge < -0.3 is 10.2 Å². The summed E-state index contributed by atoms with van der Waals surface area (Å²) in [4.78, 5) is 41.4. The molecule has 2 aliphatic heterocycles. The Hall–Kier alpha value is -3.06. The molecule has 0 bridgehead atoms. The number of thioether (sulfide) groups is 1. The Morgan fingerprint density at radius 3 is 2.70 bits per heavy atom. The molecule has 172 valence electrons. The summed E-state index contributed by atoms with van der Waals surface area (Å²) in [6.45, 7) is 8.32. The number of nitrogens with one attached hydrogen (secondary N) is 1. The van der Waals surface area contributed by atoms with Crippen LogP contribution in [0, 0.1) is 6.92 Å². The van der Waals surface area contributed by atoms with E-state index in [1.807, 2.05) is 31.2 Å². The summed E-state index contributed by atoms with van der Waals surface area (Å²) in [5.74, 6) is -0.453. The van der Waals surface area contributed by atoms with Crippen molar-refractivity contribution >= 4 is 46.3 Å². The van der Waals surface area contributed by atoms with Crippen LogP contribution in [0.1, 0.15) is 49.8 Å². The van der Waals surface area contributed by atoms with Crippen molar-refractivity contribution in [3.05, 3.63) is 64.1 Å². The van der Waals surface area contributed by atoms with E-state index in [2.05, 4.69) is 50.2 Å². The maximum absolute atomic E-state index is 12.9. The van der Waals surface area contributed by atoms with Crippen LogP contribution in [0.4, 0.5) is 16.2 Å². The molecule has 0 aromatic heterocycles.